The molecule has 0 bridgehead atoms. The van der Waals surface area contributed by atoms with Gasteiger partial charge in [-0.25, -0.2) is 4.39 Å². The van der Waals surface area contributed by atoms with Crippen molar-refractivity contribution < 1.29 is 13.9 Å². The highest BCUT2D eigenvalue weighted by molar-refractivity contribution is 5.77. The number of halogens is 1. The van der Waals surface area contributed by atoms with Gasteiger partial charge in [0.2, 0.25) is 0 Å². The van der Waals surface area contributed by atoms with E-state index in [1.165, 1.54) is 12.1 Å². The quantitative estimate of drug-likeness (QED) is 0.688. The zero-order valence-electron chi connectivity index (χ0n) is 13.0. The van der Waals surface area contributed by atoms with Gasteiger partial charge in [-0.05, 0) is 36.6 Å². The molecule has 1 aromatic carbocycles. The molecule has 1 aromatic rings. The summed E-state index contributed by atoms with van der Waals surface area (Å²) in [4.78, 5) is 11.6. The highest BCUT2D eigenvalue weighted by atomic mass is 19.1. The maximum atomic E-state index is 13.5. The normalized spacial score (nSPS) is 10.7. The van der Waals surface area contributed by atoms with Crippen molar-refractivity contribution in [3.05, 3.63) is 29.6 Å². The van der Waals surface area contributed by atoms with Gasteiger partial charge >= 0.3 is 0 Å². The minimum absolute atomic E-state index is 0.0992. The van der Waals surface area contributed by atoms with Crippen molar-refractivity contribution in [1.29, 1.82) is 0 Å². The third-order valence-electron chi connectivity index (χ3n) is 2.76. The average Bonchev–Trinajstić information content (AvgIpc) is 2.42. The average molecular weight is 296 g/mol. The fraction of sp³-hybridized carbons (Fsp3) is 0.562. The van der Waals surface area contributed by atoms with Crippen LogP contribution in [0.2, 0.25) is 0 Å². The van der Waals surface area contributed by atoms with Crippen molar-refractivity contribution in [2.75, 3.05) is 19.7 Å². The molecule has 4 nitrogen and oxygen atoms in total. The summed E-state index contributed by atoms with van der Waals surface area (Å²) in [5.41, 5.74) is 0.807. The Labute approximate surface area is 126 Å². The Balaban J connectivity index is 2.48. The van der Waals surface area contributed by atoms with Crippen molar-refractivity contribution in [2.24, 2.45) is 5.92 Å². The lowest BCUT2D eigenvalue weighted by atomic mass is 10.2. The lowest BCUT2D eigenvalue weighted by Gasteiger charge is -2.10. The number of rotatable bonds is 9. The van der Waals surface area contributed by atoms with Gasteiger partial charge in [-0.15, -0.1) is 0 Å². The van der Waals surface area contributed by atoms with Crippen molar-refractivity contribution in [3.8, 4) is 5.75 Å². The van der Waals surface area contributed by atoms with Gasteiger partial charge in [0.1, 0.15) is 11.6 Å². The summed E-state index contributed by atoms with van der Waals surface area (Å²) in [6, 6.07) is 4.51. The SMILES string of the molecule is CCCNCc1cc(F)cc(OCC(=O)NCC(C)C)c1. The van der Waals surface area contributed by atoms with Gasteiger partial charge in [-0.2, -0.15) is 0 Å². The highest BCUT2D eigenvalue weighted by Gasteiger charge is 2.06. The summed E-state index contributed by atoms with van der Waals surface area (Å²) in [6.07, 6.45) is 1.02. The fourth-order valence-electron chi connectivity index (χ4n) is 1.73. The Morgan fingerprint density at radius 2 is 2.10 bits per heavy atom. The van der Waals surface area contributed by atoms with Crippen LogP contribution >= 0.6 is 0 Å². The molecule has 21 heavy (non-hydrogen) atoms. The van der Waals surface area contributed by atoms with E-state index in [1.54, 1.807) is 6.07 Å². The Hall–Kier alpha value is -1.62. The fourth-order valence-corrected chi connectivity index (χ4v) is 1.73. The van der Waals surface area contributed by atoms with Crippen LogP contribution in [-0.4, -0.2) is 25.6 Å². The summed E-state index contributed by atoms with van der Waals surface area (Å²) in [6.45, 7) is 8.08. The topological polar surface area (TPSA) is 50.4 Å². The third-order valence-corrected chi connectivity index (χ3v) is 2.76. The van der Waals surface area contributed by atoms with Gasteiger partial charge in [0.05, 0.1) is 0 Å². The monoisotopic (exact) mass is 296 g/mol. The van der Waals surface area contributed by atoms with Gasteiger partial charge in [0, 0.05) is 19.2 Å². The van der Waals surface area contributed by atoms with Crippen LogP contribution in [0.25, 0.3) is 0 Å². The largest absolute Gasteiger partial charge is 0.484 e. The molecule has 118 valence electrons. The second-order valence-electron chi connectivity index (χ2n) is 5.46. The summed E-state index contributed by atoms with van der Waals surface area (Å²) in [5.74, 6) is 0.212. The van der Waals surface area contributed by atoms with Crippen LogP contribution in [0.3, 0.4) is 0 Å². The molecule has 0 spiro atoms. The first-order valence-electron chi connectivity index (χ1n) is 7.41. The maximum Gasteiger partial charge on any atom is 0.257 e. The van der Waals surface area contributed by atoms with E-state index in [2.05, 4.69) is 17.6 Å². The zero-order valence-corrected chi connectivity index (χ0v) is 13.0. The van der Waals surface area contributed by atoms with Gasteiger partial charge in [-0.3, -0.25) is 4.79 Å². The van der Waals surface area contributed by atoms with E-state index >= 15 is 0 Å². The number of benzene rings is 1. The number of carbonyl (C=O) groups excluding carboxylic acids is 1. The summed E-state index contributed by atoms with van der Waals surface area (Å²) < 4.78 is 18.9. The van der Waals surface area contributed by atoms with E-state index < -0.39 is 0 Å². The number of carbonyl (C=O) groups is 1. The van der Waals surface area contributed by atoms with Gasteiger partial charge in [0.25, 0.3) is 5.91 Å². The second kappa shape index (κ2) is 9.34. The Morgan fingerprint density at radius 3 is 2.76 bits per heavy atom. The maximum absolute atomic E-state index is 13.5. The van der Waals surface area contributed by atoms with Gasteiger partial charge in [-0.1, -0.05) is 20.8 Å². The molecule has 0 unspecified atom stereocenters. The summed E-state index contributed by atoms with van der Waals surface area (Å²) in [7, 11) is 0. The Kier molecular flexibility index (Phi) is 7.75. The van der Waals surface area contributed by atoms with E-state index in [0.29, 0.717) is 24.8 Å². The first kappa shape index (κ1) is 17.4. The number of hydrogen-bond acceptors (Lipinski definition) is 3. The number of hydrogen-bond donors (Lipinski definition) is 2. The van der Waals surface area contributed by atoms with E-state index in [-0.39, 0.29) is 18.3 Å². The first-order valence-corrected chi connectivity index (χ1v) is 7.41. The van der Waals surface area contributed by atoms with Crippen molar-refractivity contribution in [3.63, 3.8) is 0 Å². The van der Waals surface area contributed by atoms with Crippen LogP contribution in [0.4, 0.5) is 4.39 Å². The molecule has 5 heteroatoms. The molecule has 0 radical (unpaired) electrons. The molecule has 0 fully saturated rings. The summed E-state index contributed by atoms with van der Waals surface area (Å²) >= 11 is 0. The lowest BCUT2D eigenvalue weighted by Crippen LogP contribution is -2.31. The second-order valence-corrected chi connectivity index (χ2v) is 5.46. The first-order chi connectivity index (χ1) is 10.0. The molecule has 0 aromatic heterocycles. The van der Waals surface area contributed by atoms with E-state index in [9.17, 15) is 9.18 Å². The molecular formula is C16H25FN2O2. The molecule has 0 aliphatic rings. The molecule has 0 atom stereocenters. The Bertz CT molecular complexity index is 450. The smallest absolute Gasteiger partial charge is 0.257 e. The number of amides is 1. The van der Waals surface area contributed by atoms with E-state index in [1.807, 2.05) is 13.8 Å². The van der Waals surface area contributed by atoms with Gasteiger partial charge < -0.3 is 15.4 Å². The molecule has 0 heterocycles. The lowest BCUT2D eigenvalue weighted by molar-refractivity contribution is -0.123. The van der Waals surface area contributed by atoms with Crippen molar-refractivity contribution in [1.82, 2.24) is 10.6 Å². The predicted octanol–water partition coefficient (Wildman–Crippen LogP) is 2.48. The van der Waals surface area contributed by atoms with Crippen LogP contribution in [0, 0.1) is 11.7 Å². The van der Waals surface area contributed by atoms with Crippen LogP contribution in [-0.2, 0) is 11.3 Å². The van der Waals surface area contributed by atoms with E-state index in [0.717, 1.165) is 18.5 Å². The summed E-state index contributed by atoms with van der Waals surface area (Å²) in [5, 5.41) is 5.96. The molecule has 1 amide bonds. The van der Waals surface area contributed by atoms with Crippen molar-refractivity contribution >= 4 is 5.91 Å². The minimum Gasteiger partial charge on any atom is -0.484 e. The van der Waals surface area contributed by atoms with E-state index in [4.69, 9.17) is 4.74 Å². The van der Waals surface area contributed by atoms with Crippen molar-refractivity contribution in [2.45, 2.75) is 33.7 Å². The number of ether oxygens (including phenoxy) is 1. The van der Waals surface area contributed by atoms with Crippen LogP contribution in [0.15, 0.2) is 18.2 Å². The van der Waals surface area contributed by atoms with Crippen LogP contribution in [0.1, 0.15) is 32.8 Å². The molecule has 0 aliphatic heterocycles. The van der Waals surface area contributed by atoms with Crippen LogP contribution < -0.4 is 15.4 Å². The molecule has 0 aliphatic carbocycles. The molecule has 1 rings (SSSR count). The van der Waals surface area contributed by atoms with Crippen LogP contribution in [0.5, 0.6) is 5.75 Å². The third kappa shape index (κ3) is 7.66. The van der Waals surface area contributed by atoms with Gasteiger partial charge in [0.15, 0.2) is 6.61 Å². The Morgan fingerprint density at radius 1 is 1.33 bits per heavy atom. The highest BCUT2D eigenvalue weighted by Crippen LogP contribution is 2.16. The molecule has 2 N–H and O–H groups in total. The number of nitrogens with one attached hydrogen (secondary N) is 2. The zero-order chi connectivity index (χ0) is 15.7. The standard InChI is InChI=1S/C16H25FN2O2/c1-4-5-18-10-13-6-14(17)8-15(7-13)21-11-16(20)19-9-12(2)3/h6-8,12,18H,4-5,9-11H2,1-3H3,(H,19,20). The molecule has 0 saturated heterocycles. The minimum atomic E-state index is -0.358. The predicted molar refractivity (Wildman–Crippen MR) is 81.7 cm³/mol. The molecule has 0 saturated carbocycles. The molecular weight excluding hydrogens is 271 g/mol.